The summed E-state index contributed by atoms with van der Waals surface area (Å²) in [6, 6.07) is 16.5. The molecule has 0 fully saturated rings. The number of hydrogen-bond acceptors (Lipinski definition) is 6. The van der Waals surface area contributed by atoms with Gasteiger partial charge in [0.25, 0.3) is 11.5 Å². The highest BCUT2D eigenvalue weighted by molar-refractivity contribution is 7.22. The van der Waals surface area contributed by atoms with Crippen molar-refractivity contribution >= 4 is 44.0 Å². The van der Waals surface area contributed by atoms with Gasteiger partial charge in [-0.2, -0.15) is 0 Å². The zero-order chi connectivity index (χ0) is 28.8. The zero-order valence-electron chi connectivity index (χ0n) is 23.9. The number of para-hydroxylation sites is 1. The average Bonchev–Trinajstić information content (AvgIpc) is 3.32. The topological polar surface area (TPSA) is 77.8 Å². The molecule has 4 aromatic rings. The van der Waals surface area contributed by atoms with E-state index in [9.17, 15) is 14.4 Å². The summed E-state index contributed by atoms with van der Waals surface area (Å²) in [5.41, 5.74) is 0.830. The van der Waals surface area contributed by atoms with Gasteiger partial charge in [0, 0.05) is 30.6 Å². The lowest BCUT2D eigenvalue weighted by atomic mass is 10.1. The minimum Gasteiger partial charge on any atom is -0.489 e. The van der Waals surface area contributed by atoms with E-state index in [4.69, 9.17) is 9.47 Å². The molecule has 8 heteroatoms. The zero-order valence-corrected chi connectivity index (χ0v) is 24.8. The van der Waals surface area contributed by atoms with E-state index in [1.54, 1.807) is 24.3 Å². The second-order valence-electron chi connectivity index (χ2n) is 10.7. The molecule has 4 rings (SSSR count). The number of rotatable bonds is 13. The number of amides is 1. The van der Waals surface area contributed by atoms with Gasteiger partial charge in [-0.05, 0) is 24.8 Å². The van der Waals surface area contributed by atoms with Gasteiger partial charge < -0.3 is 14.4 Å². The minimum absolute atomic E-state index is 0.121. The van der Waals surface area contributed by atoms with E-state index < -0.39 is 0 Å². The van der Waals surface area contributed by atoms with Crippen molar-refractivity contribution in [3.05, 3.63) is 75.4 Å². The number of ether oxygens (including phenoxy) is 2. The van der Waals surface area contributed by atoms with Crippen LogP contribution in [0.2, 0.25) is 0 Å². The Labute approximate surface area is 239 Å². The molecule has 0 aliphatic heterocycles. The molecule has 0 radical (unpaired) electrons. The van der Waals surface area contributed by atoms with E-state index in [-0.39, 0.29) is 48.0 Å². The molecule has 1 amide bonds. The van der Waals surface area contributed by atoms with E-state index in [0.29, 0.717) is 52.3 Å². The number of Topliss-reactive ketones (excluding diaryl/α,β-unsaturated/α-hetero) is 1. The van der Waals surface area contributed by atoms with E-state index in [2.05, 4.69) is 27.7 Å². The molecule has 2 aromatic carbocycles. The second kappa shape index (κ2) is 13.2. The molecular weight excluding hydrogens is 524 g/mol. The van der Waals surface area contributed by atoms with E-state index in [1.807, 2.05) is 42.2 Å². The van der Waals surface area contributed by atoms with E-state index in [0.717, 1.165) is 5.39 Å². The summed E-state index contributed by atoms with van der Waals surface area (Å²) in [7, 11) is 0. The van der Waals surface area contributed by atoms with Crippen LogP contribution in [0.1, 0.15) is 54.6 Å². The molecule has 0 N–H and O–H groups in total. The first kappa shape index (κ1) is 29.5. The Hall–Kier alpha value is -3.49. The van der Waals surface area contributed by atoms with Gasteiger partial charge in [-0.3, -0.25) is 19.0 Å². The Morgan fingerprint density at radius 2 is 1.57 bits per heavy atom. The first-order valence-corrected chi connectivity index (χ1v) is 14.7. The standard InChI is InChI=1S/C32H38N2O5S/c1-6-38-16-17-39-28-27-29(40-30(28)32(37)33(18-21(2)3)19-22(4)5)24-14-10-11-15-25(24)34(31(27)36)20-26(35)23-12-8-7-9-13-23/h7-15,21-22H,6,16-20H2,1-5H3. The molecule has 212 valence electrons. The number of aromatic nitrogens is 1. The molecule has 0 spiro atoms. The Bertz CT molecular complexity index is 1530. The van der Waals surface area contributed by atoms with Crippen molar-refractivity contribution < 1.29 is 19.1 Å². The fourth-order valence-electron chi connectivity index (χ4n) is 4.85. The molecular formula is C32H38N2O5S. The lowest BCUT2D eigenvalue weighted by Crippen LogP contribution is -2.36. The van der Waals surface area contributed by atoms with Crippen molar-refractivity contribution in [3.8, 4) is 5.75 Å². The summed E-state index contributed by atoms with van der Waals surface area (Å²) >= 11 is 1.29. The third kappa shape index (κ3) is 6.45. The lowest BCUT2D eigenvalue weighted by Gasteiger charge is -2.26. The van der Waals surface area contributed by atoms with Gasteiger partial charge in [-0.1, -0.05) is 76.2 Å². The summed E-state index contributed by atoms with van der Waals surface area (Å²) in [6.45, 7) is 12.4. The molecule has 0 aliphatic carbocycles. The maximum atomic E-state index is 14.2. The summed E-state index contributed by atoms with van der Waals surface area (Å²) < 4.78 is 13.9. The number of fused-ring (bicyclic) bond motifs is 3. The maximum absolute atomic E-state index is 14.2. The molecule has 40 heavy (non-hydrogen) atoms. The van der Waals surface area contributed by atoms with Crippen molar-refractivity contribution in [3.63, 3.8) is 0 Å². The number of pyridine rings is 1. The summed E-state index contributed by atoms with van der Waals surface area (Å²) in [4.78, 5) is 43.7. The van der Waals surface area contributed by atoms with Crippen LogP contribution in [0, 0.1) is 11.8 Å². The van der Waals surface area contributed by atoms with Crippen molar-refractivity contribution in [2.75, 3.05) is 32.9 Å². The number of benzene rings is 2. The Balaban J connectivity index is 1.92. The molecule has 0 saturated heterocycles. The van der Waals surface area contributed by atoms with Gasteiger partial charge in [0.15, 0.2) is 11.5 Å². The molecule has 7 nitrogen and oxygen atoms in total. The second-order valence-corrected chi connectivity index (χ2v) is 11.7. The van der Waals surface area contributed by atoms with Crippen LogP contribution < -0.4 is 10.3 Å². The third-order valence-electron chi connectivity index (χ3n) is 6.49. The normalized spacial score (nSPS) is 11.6. The number of nitrogens with zero attached hydrogens (tertiary/aromatic N) is 2. The van der Waals surface area contributed by atoms with Crippen LogP contribution in [0.15, 0.2) is 59.4 Å². The smallest absolute Gasteiger partial charge is 0.267 e. The first-order valence-electron chi connectivity index (χ1n) is 13.9. The monoisotopic (exact) mass is 562 g/mol. The van der Waals surface area contributed by atoms with Gasteiger partial charge in [0.2, 0.25) is 0 Å². The van der Waals surface area contributed by atoms with Crippen LogP contribution in [0.4, 0.5) is 0 Å². The Morgan fingerprint density at radius 1 is 0.925 bits per heavy atom. The van der Waals surface area contributed by atoms with Gasteiger partial charge in [0.05, 0.1) is 23.4 Å². The fraction of sp³-hybridized carbons (Fsp3) is 0.406. The van der Waals surface area contributed by atoms with Gasteiger partial charge in [0.1, 0.15) is 16.9 Å². The quantitative estimate of drug-likeness (QED) is 0.142. The Morgan fingerprint density at radius 3 is 2.23 bits per heavy atom. The van der Waals surface area contributed by atoms with Gasteiger partial charge in [-0.15, -0.1) is 11.3 Å². The summed E-state index contributed by atoms with van der Waals surface area (Å²) in [5, 5.41) is 1.13. The van der Waals surface area contributed by atoms with Crippen LogP contribution in [0.3, 0.4) is 0 Å². The number of hydrogen-bond donors (Lipinski definition) is 0. The number of ketones is 1. The van der Waals surface area contributed by atoms with Crippen LogP contribution in [-0.4, -0.2) is 54.1 Å². The molecule has 2 heterocycles. The predicted molar refractivity (Wildman–Crippen MR) is 162 cm³/mol. The molecule has 0 atom stereocenters. The SMILES string of the molecule is CCOCCOc1c(C(=O)N(CC(C)C)CC(C)C)sc2c1c(=O)n(CC(=O)c1ccccc1)c1ccccc21. The predicted octanol–water partition coefficient (Wildman–Crippen LogP) is 6.27. The largest absolute Gasteiger partial charge is 0.489 e. The highest BCUT2D eigenvalue weighted by Crippen LogP contribution is 2.40. The van der Waals surface area contributed by atoms with Crippen molar-refractivity contribution in [2.24, 2.45) is 11.8 Å². The lowest BCUT2D eigenvalue weighted by molar-refractivity contribution is 0.0711. The highest BCUT2D eigenvalue weighted by Gasteiger charge is 2.29. The molecule has 2 aromatic heterocycles. The van der Waals surface area contributed by atoms with Crippen molar-refractivity contribution in [2.45, 2.75) is 41.2 Å². The first-order chi connectivity index (χ1) is 19.2. The number of carbonyl (C=O) groups excluding carboxylic acids is 2. The molecule has 0 aliphatic rings. The number of thiophene rings is 1. The van der Waals surface area contributed by atoms with Gasteiger partial charge in [-0.25, -0.2) is 0 Å². The van der Waals surface area contributed by atoms with E-state index >= 15 is 0 Å². The highest BCUT2D eigenvalue weighted by atomic mass is 32.1. The fourth-order valence-corrected chi connectivity index (χ4v) is 6.09. The maximum Gasteiger partial charge on any atom is 0.267 e. The summed E-state index contributed by atoms with van der Waals surface area (Å²) in [6.07, 6.45) is 0. The number of carbonyl (C=O) groups is 2. The van der Waals surface area contributed by atoms with Crippen molar-refractivity contribution in [1.82, 2.24) is 9.47 Å². The summed E-state index contributed by atoms with van der Waals surface area (Å²) in [5.74, 6) is 0.518. The van der Waals surface area contributed by atoms with Crippen LogP contribution in [0.5, 0.6) is 5.75 Å². The van der Waals surface area contributed by atoms with Gasteiger partial charge >= 0.3 is 0 Å². The van der Waals surface area contributed by atoms with Crippen LogP contribution >= 0.6 is 11.3 Å². The van der Waals surface area contributed by atoms with Crippen molar-refractivity contribution in [1.29, 1.82) is 0 Å². The molecule has 0 bridgehead atoms. The molecule has 0 saturated carbocycles. The van der Waals surface area contributed by atoms with E-state index in [1.165, 1.54) is 15.9 Å². The Kier molecular flexibility index (Phi) is 9.76. The van der Waals surface area contributed by atoms with Crippen LogP contribution in [-0.2, 0) is 11.3 Å². The third-order valence-corrected chi connectivity index (χ3v) is 7.68. The van der Waals surface area contributed by atoms with Crippen LogP contribution in [0.25, 0.3) is 21.0 Å². The molecule has 0 unspecified atom stereocenters. The average molecular weight is 563 g/mol. The minimum atomic E-state index is -0.348.